The van der Waals surface area contributed by atoms with Crippen LogP contribution in [0, 0.1) is 0 Å². The summed E-state index contributed by atoms with van der Waals surface area (Å²) >= 11 is 3.02. The molecule has 1 saturated heterocycles. The molecule has 0 aromatic carbocycles. The molecular weight excluding hydrogens is 286 g/mol. The quantitative estimate of drug-likeness (QED) is 0.866. The molecule has 1 fully saturated rings. The van der Waals surface area contributed by atoms with Crippen molar-refractivity contribution in [3.05, 3.63) is 11.1 Å². The minimum atomic E-state index is -0.787. The SMILES string of the molecule is CC(=O)Nc1nc(CN2CCSCC2C(=O)O)cs1. The number of rotatable bonds is 4. The largest absolute Gasteiger partial charge is 0.480 e. The fraction of sp³-hybridized carbons (Fsp3) is 0.545. The van der Waals surface area contributed by atoms with Crippen molar-refractivity contribution in [1.82, 2.24) is 9.88 Å². The third-order valence-corrected chi connectivity index (χ3v) is 4.55. The van der Waals surface area contributed by atoms with Crippen LogP contribution in [0.5, 0.6) is 0 Å². The lowest BCUT2D eigenvalue weighted by Gasteiger charge is -2.31. The second-order valence-electron chi connectivity index (χ2n) is 4.22. The first-order valence-electron chi connectivity index (χ1n) is 5.83. The third kappa shape index (κ3) is 3.92. The lowest BCUT2D eigenvalue weighted by Crippen LogP contribution is -2.46. The van der Waals surface area contributed by atoms with Crippen molar-refractivity contribution < 1.29 is 14.7 Å². The van der Waals surface area contributed by atoms with Crippen LogP contribution in [-0.4, -0.2) is 51.0 Å². The van der Waals surface area contributed by atoms with Crippen molar-refractivity contribution in [3.8, 4) is 0 Å². The molecule has 1 aliphatic rings. The maximum atomic E-state index is 11.2. The van der Waals surface area contributed by atoms with Crippen LogP contribution >= 0.6 is 23.1 Å². The van der Waals surface area contributed by atoms with Gasteiger partial charge in [0.1, 0.15) is 6.04 Å². The normalized spacial score (nSPS) is 20.2. The van der Waals surface area contributed by atoms with Gasteiger partial charge in [-0.25, -0.2) is 4.98 Å². The highest BCUT2D eigenvalue weighted by Gasteiger charge is 2.29. The van der Waals surface area contributed by atoms with Gasteiger partial charge in [-0.05, 0) is 0 Å². The van der Waals surface area contributed by atoms with Gasteiger partial charge in [-0.3, -0.25) is 14.5 Å². The summed E-state index contributed by atoms with van der Waals surface area (Å²) in [4.78, 5) is 28.3. The highest BCUT2D eigenvalue weighted by atomic mass is 32.2. The van der Waals surface area contributed by atoms with E-state index in [-0.39, 0.29) is 5.91 Å². The van der Waals surface area contributed by atoms with Gasteiger partial charge in [0.2, 0.25) is 5.91 Å². The predicted molar refractivity (Wildman–Crippen MR) is 75.6 cm³/mol. The Morgan fingerprint density at radius 1 is 1.63 bits per heavy atom. The second kappa shape index (κ2) is 6.36. The van der Waals surface area contributed by atoms with Crippen LogP contribution in [0.25, 0.3) is 0 Å². The monoisotopic (exact) mass is 301 g/mol. The van der Waals surface area contributed by atoms with Gasteiger partial charge in [0.15, 0.2) is 5.13 Å². The Morgan fingerprint density at radius 3 is 3.11 bits per heavy atom. The van der Waals surface area contributed by atoms with E-state index in [9.17, 15) is 14.7 Å². The highest BCUT2D eigenvalue weighted by molar-refractivity contribution is 7.99. The number of carbonyl (C=O) groups is 2. The highest BCUT2D eigenvalue weighted by Crippen LogP contribution is 2.21. The van der Waals surface area contributed by atoms with Gasteiger partial charge in [0.25, 0.3) is 0 Å². The molecule has 104 valence electrons. The van der Waals surface area contributed by atoms with Crippen molar-refractivity contribution in [1.29, 1.82) is 0 Å². The standard InChI is InChI=1S/C11H15N3O3S2/c1-7(15)12-11-13-8(5-19-11)4-14-2-3-18-6-9(14)10(16)17/h5,9H,2-4,6H2,1H3,(H,16,17)(H,12,13,15). The Bertz CT molecular complexity index is 478. The van der Waals surface area contributed by atoms with Crippen LogP contribution in [-0.2, 0) is 16.1 Å². The van der Waals surface area contributed by atoms with Crippen LogP contribution in [0.4, 0.5) is 5.13 Å². The third-order valence-electron chi connectivity index (χ3n) is 2.72. The molecule has 0 bridgehead atoms. The predicted octanol–water partition coefficient (Wildman–Crippen LogP) is 1.10. The number of thiazole rings is 1. The van der Waals surface area contributed by atoms with Crippen molar-refractivity contribution >= 4 is 40.1 Å². The maximum Gasteiger partial charge on any atom is 0.321 e. The number of aliphatic carboxylic acids is 1. The maximum absolute atomic E-state index is 11.2. The molecule has 2 N–H and O–H groups in total. The molecule has 1 aliphatic heterocycles. The Labute approximate surface area is 119 Å². The van der Waals surface area contributed by atoms with E-state index in [4.69, 9.17) is 0 Å². The minimum Gasteiger partial charge on any atom is -0.480 e. The smallest absolute Gasteiger partial charge is 0.321 e. The Hall–Kier alpha value is -1.12. The van der Waals surface area contributed by atoms with E-state index >= 15 is 0 Å². The van der Waals surface area contributed by atoms with E-state index in [1.54, 1.807) is 11.8 Å². The van der Waals surface area contributed by atoms with E-state index in [0.29, 0.717) is 17.4 Å². The number of hydrogen-bond donors (Lipinski definition) is 2. The van der Waals surface area contributed by atoms with Crippen LogP contribution in [0.2, 0.25) is 0 Å². The minimum absolute atomic E-state index is 0.154. The molecular formula is C11H15N3O3S2. The Morgan fingerprint density at radius 2 is 2.42 bits per heavy atom. The first-order valence-corrected chi connectivity index (χ1v) is 7.86. The summed E-state index contributed by atoms with van der Waals surface area (Å²) in [5, 5.41) is 14.2. The van der Waals surface area contributed by atoms with Crippen molar-refractivity contribution in [2.75, 3.05) is 23.4 Å². The van der Waals surface area contributed by atoms with E-state index in [2.05, 4.69) is 10.3 Å². The number of anilines is 1. The molecule has 2 heterocycles. The van der Waals surface area contributed by atoms with E-state index in [0.717, 1.165) is 18.0 Å². The van der Waals surface area contributed by atoms with Gasteiger partial charge in [-0.1, -0.05) is 0 Å². The molecule has 1 amide bonds. The number of carboxylic acid groups (broad SMARTS) is 1. The summed E-state index contributed by atoms with van der Waals surface area (Å²) in [5.74, 6) is 0.605. The van der Waals surface area contributed by atoms with E-state index in [1.165, 1.54) is 18.3 Å². The van der Waals surface area contributed by atoms with Crippen LogP contribution in [0.15, 0.2) is 5.38 Å². The molecule has 19 heavy (non-hydrogen) atoms. The number of amides is 1. The zero-order valence-electron chi connectivity index (χ0n) is 10.5. The summed E-state index contributed by atoms with van der Waals surface area (Å²) in [6.45, 7) is 2.69. The number of aromatic nitrogens is 1. The van der Waals surface area contributed by atoms with Crippen molar-refractivity contribution in [3.63, 3.8) is 0 Å². The molecule has 6 nitrogen and oxygen atoms in total. The average molecular weight is 301 g/mol. The first kappa shape index (κ1) is 14.3. The van der Waals surface area contributed by atoms with E-state index in [1.807, 2.05) is 10.3 Å². The molecule has 0 saturated carbocycles. The van der Waals surface area contributed by atoms with Crippen LogP contribution in [0.3, 0.4) is 0 Å². The molecule has 0 radical (unpaired) electrons. The van der Waals surface area contributed by atoms with Gasteiger partial charge in [0, 0.05) is 36.9 Å². The van der Waals surface area contributed by atoms with Gasteiger partial charge in [0.05, 0.1) is 5.69 Å². The van der Waals surface area contributed by atoms with Crippen molar-refractivity contribution in [2.24, 2.45) is 0 Å². The number of carboxylic acids is 1. The lowest BCUT2D eigenvalue weighted by molar-refractivity contribution is -0.142. The van der Waals surface area contributed by atoms with Crippen molar-refractivity contribution in [2.45, 2.75) is 19.5 Å². The molecule has 0 spiro atoms. The average Bonchev–Trinajstić information content (AvgIpc) is 2.76. The molecule has 1 aromatic heterocycles. The molecule has 1 aromatic rings. The number of carbonyl (C=O) groups excluding carboxylic acids is 1. The first-order chi connectivity index (χ1) is 9.06. The summed E-state index contributed by atoms with van der Waals surface area (Å²) in [5.41, 5.74) is 0.798. The zero-order valence-corrected chi connectivity index (χ0v) is 12.1. The summed E-state index contributed by atoms with van der Waals surface area (Å²) in [7, 11) is 0. The fourth-order valence-electron chi connectivity index (χ4n) is 1.85. The number of thioether (sulfide) groups is 1. The summed E-state index contributed by atoms with van der Waals surface area (Å²) < 4.78 is 0. The van der Waals surface area contributed by atoms with Crippen LogP contribution < -0.4 is 5.32 Å². The lowest BCUT2D eigenvalue weighted by atomic mass is 10.2. The van der Waals surface area contributed by atoms with Gasteiger partial charge >= 0.3 is 5.97 Å². The van der Waals surface area contributed by atoms with Gasteiger partial charge in [-0.2, -0.15) is 11.8 Å². The molecule has 1 atom stereocenters. The summed E-state index contributed by atoms with van der Waals surface area (Å²) in [6.07, 6.45) is 0. The zero-order chi connectivity index (χ0) is 13.8. The second-order valence-corrected chi connectivity index (χ2v) is 6.23. The van der Waals surface area contributed by atoms with Gasteiger partial charge < -0.3 is 10.4 Å². The Balaban J connectivity index is 2.00. The molecule has 0 aliphatic carbocycles. The fourth-order valence-corrected chi connectivity index (χ4v) is 3.70. The topological polar surface area (TPSA) is 82.5 Å². The molecule has 1 unspecified atom stereocenters. The Kier molecular flexibility index (Phi) is 4.78. The van der Waals surface area contributed by atoms with Gasteiger partial charge in [-0.15, -0.1) is 11.3 Å². The number of hydrogen-bond acceptors (Lipinski definition) is 6. The summed E-state index contributed by atoms with van der Waals surface area (Å²) in [6, 6.07) is -0.454. The van der Waals surface area contributed by atoms with Crippen LogP contribution in [0.1, 0.15) is 12.6 Å². The van der Waals surface area contributed by atoms with E-state index < -0.39 is 12.0 Å². The molecule has 8 heteroatoms. The number of nitrogens with zero attached hydrogens (tertiary/aromatic N) is 2. The number of nitrogens with one attached hydrogen (secondary N) is 1. The molecule has 2 rings (SSSR count).